The minimum atomic E-state index is -1.06. The molecule has 1 atom stereocenters. The van der Waals surface area contributed by atoms with Crippen LogP contribution in [0.4, 0.5) is 19.3 Å². The SMILES string of the molecule is COC(=O)NC(CCC=CC(N)=O)C(=O)Nc1cccn(Cc2cc3cccc(OCc4ccc(F)cc4F)c3[nH]2)c1=O. The monoisotopic (exact) mass is 593 g/mol. The molecule has 4 aromatic rings. The van der Waals surface area contributed by atoms with E-state index in [4.69, 9.17) is 10.5 Å². The van der Waals surface area contributed by atoms with Crippen molar-refractivity contribution < 1.29 is 32.6 Å². The lowest BCUT2D eigenvalue weighted by Crippen LogP contribution is -2.44. The number of rotatable bonds is 12. The van der Waals surface area contributed by atoms with Crippen LogP contribution in [0.2, 0.25) is 0 Å². The second kappa shape index (κ2) is 13.9. The number of carbonyl (C=O) groups excluding carboxylic acids is 3. The highest BCUT2D eigenvalue weighted by molar-refractivity contribution is 5.96. The van der Waals surface area contributed by atoms with Gasteiger partial charge in [-0.2, -0.15) is 0 Å². The molecule has 0 radical (unpaired) electrons. The van der Waals surface area contributed by atoms with Gasteiger partial charge in [0.25, 0.3) is 5.56 Å². The number of H-pyrrole nitrogens is 1. The summed E-state index contributed by atoms with van der Waals surface area (Å²) in [4.78, 5) is 52.1. The zero-order chi connectivity index (χ0) is 30.9. The first-order valence-corrected chi connectivity index (χ1v) is 13.1. The molecule has 0 saturated carbocycles. The van der Waals surface area contributed by atoms with Crippen LogP contribution in [0.5, 0.6) is 5.75 Å². The summed E-state index contributed by atoms with van der Waals surface area (Å²) in [5.41, 5.74) is 6.03. The average molecular weight is 594 g/mol. The Morgan fingerprint density at radius 1 is 1.12 bits per heavy atom. The number of para-hydroxylation sites is 1. The number of pyridine rings is 1. The number of hydrogen-bond acceptors (Lipinski definition) is 6. The Hall–Kier alpha value is -5.46. The summed E-state index contributed by atoms with van der Waals surface area (Å²) < 4.78 is 39.0. The predicted molar refractivity (Wildman–Crippen MR) is 154 cm³/mol. The first-order chi connectivity index (χ1) is 20.6. The van der Waals surface area contributed by atoms with Crippen LogP contribution in [-0.4, -0.2) is 40.6 Å². The quantitative estimate of drug-likeness (QED) is 0.183. The number of allylic oxidation sites excluding steroid dienone is 1. The fourth-order valence-electron chi connectivity index (χ4n) is 4.28. The van der Waals surface area contributed by atoms with Gasteiger partial charge in [-0.3, -0.25) is 14.4 Å². The minimum Gasteiger partial charge on any atom is -0.487 e. The number of halogens is 2. The van der Waals surface area contributed by atoms with Crippen LogP contribution in [-0.2, 0) is 27.5 Å². The molecule has 0 aliphatic carbocycles. The third-order valence-electron chi connectivity index (χ3n) is 6.39. The molecule has 11 nitrogen and oxygen atoms in total. The van der Waals surface area contributed by atoms with Crippen molar-refractivity contribution in [2.75, 3.05) is 12.4 Å². The van der Waals surface area contributed by atoms with Gasteiger partial charge in [-0.1, -0.05) is 18.2 Å². The molecular weight excluding hydrogens is 564 g/mol. The highest BCUT2D eigenvalue weighted by atomic mass is 19.1. The number of aromatic nitrogens is 2. The fraction of sp³-hybridized carbons (Fsp3) is 0.200. The predicted octanol–water partition coefficient (Wildman–Crippen LogP) is 3.72. The largest absolute Gasteiger partial charge is 0.487 e. The maximum absolute atomic E-state index is 14.0. The molecule has 2 aromatic heterocycles. The molecule has 0 spiro atoms. The van der Waals surface area contributed by atoms with Gasteiger partial charge in [0, 0.05) is 28.9 Å². The van der Waals surface area contributed by atoms with Gasteiger partial charge < -0.3 is 35.4 Å². The van der Waals surface area contributed by atoms with E-state index < -0.39 is 41.1 Å². The minimum absolute atomic E-state index is 0.0155. The zero-order valence-corrected chi connectivity index (χ0v) is 23.1. The van der Waals surface area contributed by atoms with Crippen LogP contribution in [0.25, 0.3) is 10.9 Å². The van der Waals surface area contributed by atoms with Gasteiger partial charge in [-0.05, 0) is 55.3 Å². The number of nitrogens with zero attached hydrogens (tertiary/aromatic N) is 1. The molecule has 13 heteroatoms. The van der Waals surface area contributed by atoms with Crippen LogP contribution >= 0.6 is 0 Å². The van der Waals surface area contributed by atoms with Crippen molar-refractivity contribution in [1.82, 2.24) is 14.9 Å². The number of ether oxygens (including phenoxy) is 2. The average Bonchev–Trinajstić information content (AvgIpc) is 3.39. The molecule has 0 saturated heterocycles. The lowest BCUT2D eigenvalue weighted by molar-refractivity contribution is -0.118. The van der Waals surface area contributed by atoms with Gasteiger partial charge in [-0.25, -0.2) is 13.6 Å². The highest BCUT2D eigenvalue weighted by Gasteiger charge is 2.22. The van der Waals surface area contributed by atoms with Crippen molar-refractivity contribution in [2.45, 2.75) is 32.0 Å². The standard InChI is InChI=1S/C30H29F2N5O6/c1-42-30(41)36-23(7-2-3-10-26(33)38)28(39)35-24-8-5-13-37(29(24)40)16-21-14-18-6-4-9-25(27(18)34-21)43-17-19-11-12-20(31)15-22(19)32/h3-6,8-15,23,34H,2,7,16-17H2,1H3,(H2,33,38)(H,35,39)(H,36,41). The van der Waals surface area contributed by atoms with Gasteiger partial charge in [0.15, 0.2) is 0 Å². The van der Waals surface area contributed by atoms with E-state index in [2.05, 4.69) is 20.4 Å². The summed E-state index contributed by atoms with van der Waals surface area (Å²) >= 11 is 0. The van der Waals surface area contributed by atoms with E-state index in [0.717, 1.165) is 30.7 Å². The van der Waals surface area contributed by atoms with Crippen LogP contribution in [0.15, 0.2) is 77.7 Å². The molecule has 5 N–H and O–H groups in total. The summed E-state index contributed by atoms with van der Waals surface area (Å²) in [6, 6.07) is 12.4. The Kier molecular flexibility index (Phi) is 9.89. The number of methoxy groups -OCH3 is 1. The normalized spacial score (nSPS) is 11.8. The van der Waals surface area contributed by atoms with Gasteiger partial charge in [0.2, 0.25) is 11.8 Å². The van der Waals surface area contributed by atoms with Crippen LogP contribution in [0.3, 0.4) is 0 Å². The molecule has 3 amide bonds. The van der Waals surface area contributed by atoms with E-state index in [-0.39, 0.29) is 37.2 Å². The topological polar surface area (TPSA) is 158 Å². The second-order valence-electron chi connectivity index (χ2n) is 9.45. The van der Waals surface area contributed by atoms with E-state index in [9.17, 15) is 28.0 Å². The van der Waals surface area contributed by atoms with Gasteiger partial charge in [0.1, 0.15) is 35.7 Å². The number of amides is 3. The molecule has 4 rings (SSSR count). The molecule has 224 valence electrons. The smallest absolute Gasteiger partial charge is 0.407 e. The number of nitrogens with one attached hydrogen (secondary N) is 3. The van der Waals surface area contributed by atoms with E-state index >= 15 is 0 Å². The maximum Gasteiger partial charge on any atom is 0.407 e. The third kappa shape index (κ3) is 8.06. The fourth-order valence-corrected chi connectivity index (χ4v) is 4.28. The Balaban J connectivity index is 1.48. The van der Waals surface area contributed by atoms with Gasteiger partial charge in [0.05, 0.1) is 19.2 Å². The Bertz CT molecular complexity index is 1730. The zero-order valence-electron chi connectivity index (χ0n) is 23.1. The molecule has 1 unspecified atom stereocenters. The Morgan fingerprint density at radius 3 is 2.67 bits per heavy atom. The highest BCUT2D eigenvalue weighted by Crippen LogP contribution is 2.27. The number of carbonyl (C=O) groups is 3. The summed E-state index contributed by atoms with van der Waals surface area (Å²) in [6.45, 7) is -0.000945. The van der Waals surface area contributed by atoms with Crippen molar-refractivity contribution in [3.05, 3.63) is 106 Å². The van der Waals surface area contributed by atoms with Crippen molar-refractivity contribution in [2.24, 2.45) is 5.73 Å². The van der Waals surface area contributed by atoms with Gasteiger partial charge in [-0.15, -0.1) is 0 Å². The molecule has 2 heterocycles. The molecule has 2 aromatic carbocycles. The number of primary amides is 1. The first-order valence-electron chi connectivity index (χ1n) is 13.1. The summed E-state index contributed by atoms with van der Waals surface area (Å²) in [7, 11) is 1.15. The van der Waals surface area contributed by atoms with E-state index in [1.807, 2.05) is 12.1 Å². The third-order valence-corrected chi connectivity index (χ3v) is 6.39. The first kappa shape index (κ1) is 30.5. The Labute approximate surface area is 244 Å². The van der Waals surface area contributed by atoms with Crippen LogP contribution < -0.4 is 26.7 Å². The number of alkyl carbamates (subject to hydrolysis) is 1. The Morgan fingerprint density at radius 2 is 1.93 bits per heavy atom. The van der Waals surface area contributed by atoms with Crippen molar-refractivity contribution in [3.63, 3.8) is 0 Å². The number of nitrogens with two attached hydrogens (primary N) is 1. The van der Waals surface area contributed by atoms with Gasteiger partial charge >= 0.3 is 6.09 Å². The molecule has 0 aliphatic heterocycles. The molecule has 0 bridgehead atoms. The van der Waals surface area contributed by atoms with Crippen LogP contribution in [0.1, 0.15) is 24.1 Å². The summed E-state index contributed by atoms with van der Waals surface area (Å²) in [5.74, 6) is -2.25. The molecule has 0 fully saturated rings. The number of benzene rings is 2. The lowest BCUT2D eigenvalue weighted by Gasteiger charge is -2.17. The number of hydrogen-bond donors (Lipinski definition) is 4. The van der Waals surface area contributed by atoms with Crippen molar-refractivity contribution in [3.8, 4) is 5.75 Å². The van der Waals surface area contributed by atoms with Crippen molar-refractivity contribution in [1.29, 1.82) is 0 Å². The van der Waals surface area contributed by atoms with Crippen LogP contribution in [0, 0.1) is 11.6 Å². The molecule has 43 heavy (non-hydrogen) atoms. The lowest BCUT2D eigenvalue weighted by atomic mass is 10.1. The summed E-state index contributed by atoms with van der Waals surface area (Å²) in [5, 5.41) is 5.74. The van der Waals surface area contributed by atoms with E-state index in [1.54, 1.807) is 24.4 Å². The number of anilines is 1. The van der Waals surface area contributed by atoms with Crippen molar-refractivity contribution >= 4 is 34.5 Å². The number of fused-ring (bicyclic) bond motifs is 1. The molecule has 0 aliphatic rings. The maximum atomic E-state index is 14.0. The number of aromatic amines is 1. The van der Waals surface area contributed by atoms with E-state index in [0.29, 0.717) is 17.0 Å². The second-order valence-corrected chi connectivity index (χ2v) is 9.45. The molecular formula is C30H29F2N5O6. The van der Waals surface area contributed by atoms with E-state index in [1.165, 1.54) is 22.8 Å². The summed E-state index contributed by atoms with van der Waals surface area (Å²) in [6.07, 6.45) is 3.68.